The first kappa shape index (κ1) is 14.8. The molecule has 6 heteroatoms. The highest BCUT2D eigenvalue weighted by molar-refractivity contribution is 8.00. The highest BCUT2D eigenvalue weighted by atomic mass is 35.5. The molecule has 2 aromatic rings. The molecule has 106 valence electrons. The van der Waals surface area contributed by atoms with E-state index in [0.29, 0.717) is 23.0 Å². The van der Waals surface area contributed by atoms with Gasteiger partial charge in [0.2, 0.25) is 5.91 Å². The lowest BCUT2D eigenvalue weighted by Crippen LogP contribution is -2.27. The van der Waals surface area contributed by atoms with E-state index in [0.717, 1.165) is 10.7 Å². The minimum Gasteiger partial charge on any atom is -0.467 e. The number of benzene rings is 1. The summed E-state index contributed by atoms with van der Waals surface area (Å²) in [5.41, 5.74) is 6.44. The highest BCUT2D eigenvalue weighted by Crippen LogP contribution is 2.27. The van der Waals surface area contributed by atoms with E-state index >= 15 is 0 Å². The largest absolute Gasteiger partial charge is 0.467 e. The summed E-state index contributed by atoms with van der Waals surface area (Å²) in [6.45, 7) is 0.461. The molecule has 0 bridgehead atoms. The van der Waals surface area contributed by atoms with Crippen LogP contribution < -0.4 is 5.73 Å². The van der Waals surface area contributed by atoms with Gasteiger partial charge >= 0.3 is 0 Å². The Morgan fingerprint density at radius 1 is 1.45 bits per heavy atom. The summed E-state index contributed by atoms with van der Waals surface area (Å²) in [6.07, 6.45) is 1.59. The van der Waals surface area contributed by atoms with Crippen molar-refractivity contribution < 1.29 is 9.21 Å². The topological polar surface area (TPSA) is 59.5 Å². The number of carbonyl (C=O) groups is 1. The molecule has 1 aromatic carbocycles. The van der Waals surface area contributed by atoms with Gasteiger partial charge < -0.3 is 15.1 Å². The van der Waals surface area contributed by atoms with E-state index in [9.17, 15) is 4.79 Å². The molecule has 0 unspecified atom stereocenters. The van der Waals surface area contributed by atoms with Crippen molar-refractivity contribution in [1.82, 2.24) is 4.90 Å². The number of nitrogens with two attached hydrogens (primary N) is 1. The van der Waals surface area contributed by atoms with E-state index < -0.39 is 0 Å². The van der Waals surface area contributed by atoms with Gasteiger partial charge in [-0.25, -0.2) is 0 Å². The van der Waals surface area contributed by atoms with Gasteiger partial charge in [0, 0.05) is 22.7 Å². The van der Waals surface area contributed by atoms with Gasteiger partial charge in [0.1, 0.15) is 5.76 Å². The lowest BCUT2D eigenvalue weighted by molar-refractivity contribution is -0.127. The molecule has 0 radical (unpaired) electrons. The number of furan rings is 1. The van der Waals surface area contributed by atoms with Crippen molar-refractivity contribution in [3.63, 3.8) is 0 Å². The lowest BCUT2D eigenvalue weighted by atomic mass is 10.3. The number of rotatable bonds is 5. The predicted octanol–water partition coefficient (Wildman–Crippen LogP) is 3.27. The third-order valence-electron chi connectivity index (χ3n) is 2.72. The van der Waals surface area contributed by atoms with E-state index in [4.69, 9.17) is 21.8 Å². The molecule has 4 nitrogen and oxygen atoms in total. The van der Waals surface area contributed by atoms with Crippen molar-refractivity contribution in [2.75, 3.05) is 18.5 Å². The fourth-order valence-electron chi connectivity index (χ4n) is 1.62. The van der Waals surface area contributed by atoms with Crippen LogP contribution in [-0.4, -0.2) is 23.6 Å². The van der Waals surface area contributed by atoms with Crippen molar-refractivity contribution >= 4 is 35.0 Å². The molecular formula is C14H15ClN2O2S. The minimum atomic E-state index is 0.0146. The van der Waals surface area contributed by atoms with Crippen LogP contribution in [0.5, 0.6) is 0 Å². The number of nitrogen functional groups attached to an aromatic ring is 1. The molecule has 0 saturated carbocycles. The number of hydrogen-bond donors (Lipinski definition) is 1. The molecule has 1 heterocycles. The molecule has 2 rings (SSSR count). The first-order valence-electron chi connectivity index (χ1n) is 6.00. The second-order valence-corrected chi connectivity index (χ2v) is 5.75. The van der Waals surface area contributed by atoms with Gasteiger partial charge in [-0.15, -0.1) is 11.8 Å². The zero-order valence-electron chi connectivity index (χ0n) is 11.0. The highest BCUT2D eigenvalue weighted by Gasteiger charge is 2.12. The van der Waals surface area contributed by atoms with Crippen LogP contribution in [0, 0.1) is 0 Å². The fourth-order valence-corrected chi connectivity index (χ4v) is 2.69. The van der Waals surface area contributed by atoms with Crippen LogP contribution in [0.2, 0.25) is 5.02 Å². The van der Waals surface area contributed by atoms with Crippen LogP contribution in [0.3, 0.4) is 0 Å². The summed E-state index contributed by atoms with van der Waals surface area (Å²) in [4.78, 5) is 14.5. The van der Waals surface area contributed by atoms with Gasteiger partial charge in [-0.05, 0) is 30.3 Å². The van der Waals surface area contributed by atoms with Gasteiger partial charge in [0.25, 0.3) is 0 Å². The van der Waals surface area contributed by atoms with Crippen LogP contribution in [0.25, 0.3) is 0 Å². The molecule has 0 saturated heterocycles. The molecule has 1 amide bonds. The Labute approximate surface area is 126 Å². The van der Waals surface area contributed by atoms with Crippen molar-refractivity contribution in [1.29, 1.82) is 0 Å². The summed E-state index contributed by atoms with van der Waals surface area (Å²) >= 11 is 7.23. The van der Waals surface area contributed by atoms with Gasteiger partial charge in [-0.2, -0.15) is 0 Å². The number of carbonyl (C=O) groups excluding carboxylic acids is 1. The SMILES string of the molecule is CN(Cc1ccco1)C(=O)CSc1ccc(Cl)cc1N. The third-order valence-corrected chi connectivity index (χ3v) is 4.03. The molecule has 0 spiro atoms. The fraction of sp³-hybridized carbons (Fsp3) is 0.214. The van der Waals surface area contributed by atoms with Crippen LogP contribution >= 0.6 is 23.4 Å². The van der Waals surface area contributed by atoms with Crippen LogP contribution in [-0.2, 0) is 11.3 Å². The van der Waals surface area contributed by atoms with Crippen molar-refractivity contribution in [3.05, 3.63) is 47.4 Å². The second-order valence-electron chi connectivity index (χ2n) is 4.30. The number of thioether (sulfide) groups is 1. The summed E-state index contributed by atoms with van der Waals surface area (Å²) in [6, 6.07) is 8.91. The molecule has 0 aliphatic heterocycles. The zero-order chi connectivity index (χ0) is 14.5. The van der Waals surface area contributed by atoms with Crippen molar-refractivity contribution in [2.45, 2.75) is 11.4 Å². The Morgan fingerprint density at radius 3 is 2.90 bits per heavy atom. The Morgan fingerprint density at radius 2 is 2.25 bits per heavy atom. The van der Waals surface area contributed by atoms with Gasteiger partial charge in [-0.1, -0.05) is 11.6 Å². The smallest absolute Gasteiger partial charge is 0.233 e. The standard InChI is InChI=1S/C14H15ClN2O2S/c1-17(8-11-3-2-6-19-11)14(18)9-20-13-5-4-10(15)7-12(13)16/h2-7H,8-9,16H2,1H3. The Hall–Kier alpha value is -1.59. The van der Waals surface area contributed by atoms with E-state index in [2.05, 4.69) is 0 Å². The number of halogens is 1. The number of anilines is 1. The molecule has 0 aliphatic rings. The van der Waals surface area contributed by atoms with Crippen LogP contribution in [0.15, 0.2) is 45.9 Å². The maximum atomic E-state index is 12.0. The summed E-state index contributed by atoms with van der Waals surface area (Å²) in [7, 11) is 1.75. The summed E-state index contributed by atoms with van der Waals surface area (Å²) in [5.74, 6) is 1.10. The zero-order valence-corrected chi connectivity index (χ0v) is 12.6. The van der Waals surface area contributed by atoms with E-state index in [1.807, 2.05) is 12.1 Å². The number of nitrogens with zero attached hydrogens (tertiary/aromatic N) is 1. The minimum absolute atomic E-state index is 0.0146. The van der Waals surface area contributed by atoms with Crippen LogP contribution in [0.4, 0.5) is 5.69 Å². The first-order valence-corrected chi connectivity index (χ1v) is 7.37. The average molecular weight is 311 g/mol. The maximum absolute atomic E-state index is 12.0. The van der Waals surface area contributed by atoms with Gasteiger partial charge in [-0.3, -0.25) is 4.79 Å². The quantitative estimate of drug-likeness (QED) is 0.680. The molecule has 2 N–H and O–H groups in total. The third kappa shape index (κ3) is 3.95. The molecular weight excluding hydrogens is 296 g/mol. The summed E-state index contributed by atoms with van der Waals surface area (Å²) in [5, 5.41) is 0.591. The van der Waals surface area contributed by atoms with Crippen molar-refractivity contribution in [2.24, 2.45) is 0 Å². The first-order chi connectivity index (χ1) is 9.56. The van der Waals surface area contributed by atoms with Gasteiger partial charge in [0.05, 0.1) is 18.6 Å². The second kappa shape index (κ2) is 6.72. The summed E-state index contributed by atoms with van der Waals surface area (Å²) < 4.78 is 5.21. The molecule has 0 aliphatic carbocycles. The van der Waals surface area contributed by atoms with Crippen molar-refractivity contribution in [3.8, 4) is 0 Å². The molecule has 0 fully saturated rings. The molecule has 20 heavy (non-hydrogen) atoms. The Balaban J connectivity index is 1.88. The van der Waals surface area contributed by atoms with E-state index in [1.165, 1.54) is 11.8 Å². The number of hydrogen-bond acceptors (Lipinski definition) is 4. The number of amides is 1. The maximum Gasteiger partial charge on any atom is 0.233 e. The van der Waals surface area contributed by atoms with E-state index in [1.54, 1.807) is 36.4 Å². The Kier molecular flexibility index (Phi) is 4.98. The van der Waals surface area contributed by atoms with E-state index in [-0.39, 0.29) is 5.91 Å². The Bertz CT molecular complexity index is 587. The molecule has 1 aromatic heterocycles. The monoisotopic (exact) mass is 310 g/mol. The average Bonchev–Trinajstić information content (AvgIpc) is 2.90. The predicted molar refractivity (Wildman–Crippen MR) is 81.8 cm³/mol. The van der Waals surface area contributed by atoms with Crippen LogP contribution in [0.1, 0.15) is 5.76 Å². The normalized spacial score (nSPS) is 10.5. The molecule has 0 atom stereocenters. The lowest BCUT2D eigenvalue weighted by Gasteiger charge is -2.15. The van der Waals surface area contributed by atoms with Gasteiger partial charge in [0.15, 0.2) is 0 Å².